The van der Waals surface area contributed by atoms with Gasteiger partial charge in [-0.3, -0.25) is 0 Å². The summed E-state index contributed by atoms with van der Waals surface area (Å²) < 4.78 is 4.36. The average molecular weight is 212 g/mol. The van der Waals surface area contributed by atoms with E-state index in [9.17, 15) is 0 Å². The summed E-state index contributed by atoms with van der Waals surface area (Å²) in [4.78, 5) is 0. The second kappa shape index (κ2) is 8.26. The molecule has 0 aromatic rings. The van der Waals surface area contributed by atoms with Gasteiger partial charge in [-0.25, -0.2) is 0 Å². The fourth-order valence-corrected chi connectivity index (χ4v) is 1.37. The molecule has 2 N–H and O–H groups in total. The number of ether oxygens (including phenoxy) is 1. The zero-order valence-electron chi connectivity index (χ0n) is 9.06. The summed E-state index contributed by atoms with van der Waals surface area (Å²) in [5.74, 6) is 0. The van der Waals surface area contributed by atoms with Crippen LogP contribution in [0.25, 0.3) is 0 Å². The van der Waals surface area contributed by atoms with E-state index in [1.54, 1.807) is 0 Å². The van der Waals surface area contributed by atoms with Gasteiger partial charge in [-0.1, -0.05) is 25.3 Å². The molecule has 1 aliphatic rings. The molecule has 0 heterocycles. The summed E-state index contributed by atoms with van der Waals surface area (Å²) in [6, 6.07) is 0. The van der Waals surface area contributed by atoms with Crippen molar-refractivity contribution in [3.05, 3.63) is 37.8 Å². The van der Waals surface area contributed by atoms with E-state index < -0.39 is 0 Å². The maximum absolute atomic E-state index is 8.93. The Labute approximate surface area is 91.4 Å². The van der Waals surface area contributed by atoms with E-state index >= 15 is 0 Å². The van der Waals surface area contributed by atoms with Gasteiger partial charge in [0, 0.05) is 5.41 Å². The molecule has 0 unspecified atom stereocenters. The third-order valence-electron chi connectivity index (χ3n) is 2.34. The molecule has 86 valence electrons. The molecule has 0 bridgehead atoms. The fourth-order valence-electron chi connectivity index (χ4n) is 1.37. The van der Waals surface area contributed by atoms with Gasteiger partial charge < -0.3 is 14.9 Å². The number of hydrogen-bond acceptors (Lipinski definition) is 3. The quantitative estimate of drug-likeness (QED) is 0.553. The number of hydrogen-bond donors (Lipinski definition) is 2. The maximum Gasteiger partial charge on any atom is 0.0829 e. The zero-order valence-corrected chi connectivity index (χ0v) is 9.06. The van der Waals surface area contributed by atoms with Crippen LogP contribution in [0.4, 0.5) is 0 Å². The highest BCUT2D eigenvalue weighted by Crippen LogP contribution is 2.29. The van der Waals surface area contributed by atoms with E-state index in [1.807, 2.05) is 12.2 Å². The lowest BCUT2D eigenvalue weighted by atomic mass is 9.80. The van der Waals surface area contributed by atoms with Gasteiger partial charge in [-0.05, 0) is 19.3 Å². The zero-order chi connectivity index (χ0) is 11.6. The number of aliphatic hydroxyl groups excluding tert-OH is 2. The highest BCUT2D eigenvalue weighted by Gasteiger charge is 2.26. The van der Waals surface area contributed by atoms with Gasteiger partial charge in [0.15, 0.2) is 0 Å². The molecule has 3 nitrogen and oxygen atoms in total. The van der Waals surface area contributed by atoms with Crippen LogP contribution in [-0.2, 0) is 4.74 Å². The lowest BCUT2D eigenvalue weighted by Gasteiger charge is -2.28. The smallest absolute Gasteiger partial charge is 0.0829 e. The predicted molar refractivity (Wildman–Crippen MR) is 61.1 cm³/mol. The molecule has 0 amide bonds. The molecule has 0 saturated heterocycles. The van der Waals surface area contributed by atoms with E-state index in [4.69, 9.17) is 10.2 Å². The van der Waals surface area contributed by atoms with Crippen LogP contribution in [0.15, 0.2) is 37.8 Å². The fraction of sp³-hybridized carbons (Fsp3) is 0.500. The average Bonchev–Trinajstić information content (AvgIpc) is 2.32. The normalized spacial score (nSPS) is 17.2. The molecule has 0 aromatic carbocycles. The summed E-state index contributed by atoms with van der Waals surface area (Å²) in [5, 5.41) is 17.9. The van der Waals surface area contributed by atoms with E-state index in [-0.39, 0.29) is 18.6 Å². The van der Waals surface area contributed by atoms with Crippen LogP contribution in [0.1, 0.15) is 19.3 Å². The first-order valence-corrected chi connectivity index (χ1v) is 5.01. The second-order valence-electron chi connectivity index (χ2n) is 3.44. The Morgan fingerprint density at radius 1 is 1.27 bits per heavy atom. The van der Waals surface area contributed by atoms with Gasteiger partial charge in [0.05, 0.1) is 25.7 Å². The van der Waals surface area contributed by atoms with Gasteiger partial charge in [-0.15, -0.1) is 0 Å². The molecule has 1 rings (SSSR count). The minimum absolute atomic E-state index is 0.0694. The topological polar surface area (TPSA) is 49.7 Å². The Bertz CT molecular complexity index is 199. The molecule has 0 radical (unpaired) electrons. The van der Waals surface area contributed by atoms with E-state index in [0.717, 1.165) is 19.3 Å². The summed E-state index contributed by atoms with van der Waals surface area (Å²) in [5.41, 5.74) is -0.307. The van der Waals surface area contributed by atoms with Crippen molar-refractivity contribution in [1.29, 1.82) is 0 Å². The van der Waals surface area contributed by atoms with Crippen LogP contribution in [-0.4, -0.2) is 23.4 Å². The third kappa shape index (κ3) is 5.40. The van der Waals surface area contributed by atoms with E-state index in [0.29, 0.717) is 0 Å². The van der Waals surface area contributed by atoms with Crippen molar-refractivity contribution >= 4 is 0 Å². The second-order valence-corrected chi connectivity index (χ2v) is 3.44. The summed E-state index contributed by atoms with van der Waals surface area (Å²) in [7, 11) is 0. The maximum atomic E-state index is 8.93. The highest BCUT2D eigenvalue weighted by molar-refractivity contribution is 5.03. The standard InChI is InChI=1S/C8H14O2.C4H6O/c9-6-8(7-10)4-2-1-3-5-8;1-3-5-4-2/h2,4,9-10H,1,3,5-7H2;3-4H,1-2H2. The Morgan fingerprint density at radius 2 is 1.87 bits per heavy atom. The molecule has 15 heavy (non-hydrogen) atoms. The number of aliphatic hydroxyl groups is 2. The van der Waals surface area contributed by atoms with Crippen molar-refractivity contribution in [3.8, 4) is 0 Å². The van der Waals surface area contributed by atoms with Crippen LogP contribution in [0.2, 0.25) is 0 Å². The molecule has 3 heteroatoms. The number of allylic oxidation sites excluding steroid dienone is 1. The molecule has 0 saturated carbocycles. The van der Waals surface area contributed by atoms with Crippen LogP contribution in [0.5, 0.6) is 0 Å². The van der Waals surface area contributed by atoms with Gasteiger partial charge in [0.25, 0.3) is 0 Å². The Balaban J connectivity index is 0.000000336. The monoisotopic (exact) mass is 212 g/mol. The minimum Gasteiger partial charge on any atom is -0.474 e. The van der Waals surface area contributed by atoms with E-state index in [2.05, 4.69) is 17.9 Å². The van der Waals surface area contributed by atoms with Crippen LogP contribution >= 0.6 is 0 Å². The minimum atomic E-state index is -0.307. The first kappa shape index (κ1) is 13.9. The Morgan fingerprint density at radius 3 is 2.07 bits per heavy atom. The molecular formula is C12H20O3. The first-order chi connectivity index (χ1) is 7.24. The van der Waals surface area contributed by atoms with Gasteiger partial charge in [-0.2, -0.15) is 0 Å². The lowest BCUT2D eigenvalue weighted by Crippen LogP contribution is -2.28. The first-order valence-electron chi connectivity index (χ1n) is 5.01. The molecular weight excluding hydrogens is 192 g/mol. The highest BCUT2D eigenvalue weighted by atomic mass is 16.5. The van der Waals surface area contributed by atoms with Crippen molar-refractivity contribution in [3.63, 3.8) is 0 Å². The molecule has 0 fully saturated rings. The predicted octanol–water partition coefficient (Wildman–Crippen LogP) is 1.99. The molecule has 0 aliphatic heterocycles. The SMILES string of the molecule is C=COC=C.OCC1(CO)C=CCCC1. The molecule has 1 aliphatic carbocycles. The summed E-state index contributed by atoms with van der Waals surface area (Å²) in [6.45, 7) is 6.65. The van der Waals surface area contributed by atoms with Crippen LogP contribution in [0.3, 0.4) is 0 Å². The van der Waals surface area contributed by atoms with Gasteiger partial charge in [0.2, 0.25) is 0 Å². The molecule has 0 spiro atoms. The largest absolute Gasteiger partial charge is 0.474 e. The van der Waals surface area contributed by atoms with Crippen LogP contribution in [0, 0.1) is 5.41 Å². The van der Waals surface area contributed by atoms with Crippen molar-refractivity contribution in [2.24, 2.45) is 5.41 Å². The van der Waals surface area contributed by atoms with Crippen molar-refractivity contribution in [1.82, 2.24) is 0 Å². The Hall–Kier alpha value is -1.06. The van der Waals surface area contributed by atoms with Gasteiger partial charge in [0.1, 0.15) is 0 Å². The molecule has 0 aromatic heterocycles. The summed E-state index contributed by atoms with van der Waals surface area (Å²) in [6.07, 6.45) is 9.68. The van der Waals surface area contributed by atoms with E-state index in [1.165, 1.54) is 12.5 Å². The molecule has 0 atom stereocenters. The lowest BCUT2D eigenvalue weighted by molar-refractivity contribution is 0.0813. The van der Waals surface area contributed by atoms with Gasteiger partial charge >= 0.3 is 0 Å². The van der Waals surface area contributed by atoms with Crippen molar-refractivity contribution in [2.75, 3.05) is 13.2 Å². The third-order valence-corrected chi connectivity index (χ3v) is 2.34. The Kier molecular flexibility index (Phi) is 7.68. The number of rotatable bonds is 4. The van der Waals surface area contributed by atoms with Crippen molar-refractivity contribution < 1.29 is 14.9 Å². The summed E-state index contributed by atoms with van der Waals surface area (Å²) >= 11 is 0. The van der Waals surface area contributed by atoms with Crippen molar-refractivity contribution in [2.45, 2.75) is 19.3 Å². The van der Waals surface area contributed by atoms with Crippen LogP contribution < -0.4 is 0 Å².